The summed E-state index contributed by atoms with van der Waals surface area (Å²) in [6.07, 6.45) is 1.40. The molecule has 5 nitrogen and oxygen atoms in total. The van der Waals surface area contributed by atoms with Crippen LogP contribution < -0.4 is 5.43 Å². The van der Waals surface area contributed by atoms with Gasteiger partial charge in [-0.05, 0) is 35.9 Å². The number of H-pyrrole nitrogens is 1. The summed E-state index contributed by atoms with van der Waals surface area (Å²) in [7, 11) is 0. The number of hydrogen-bond donors (Lipinski definition) is 2. The Hall–Kier alpha value is -2.67. The summed E-state index contributed by atoms with van der Waals surface area (Å²) in [5.74, 6) is -0.697. The lowest BCUT2D eigenvalue weighted by molar-refractivity contribution is 0.0955. The maximum absolute atomic E-state index is 13.1. The van der Waals surface area contributed by atoms with Crippen LogP contribution in [0.5, 0.6) is 0 Å². The highest BCUT2D eigenvalue weighted by molar-refractivity contribution is 7.99. The Labute approximate surface area is 148 Å². The second kappa shape index (κ2) is 7.48. The number of rotatable bonds is 5. The van der Waals surface area contributed by atoms with E-state index in [1.165, 1.54) is 18.3 Å². The average Bonchev–Trinajstić information content (AvgIpc) is 2.95. The number of carbonyl (C=O) groups excluding carboxylic acids is 1. The Balaban J connectivity index is 1.71. The molecule has 0 aliphatic carbocycles. The first-order valence-electron chi connectivity index (χ1n) is 7.76. The zero-order valence-corrected chi connectivity index (χ0v) is 14.6. The van der Waals surface area contributed by atoms with Crippen LogP contribution in [-0.4, -0.2) is 27.3 Å². The van der Waals surface area contributed by atoms with Gasteiger partial charge in [0.2, 0.25) is 0 Å². The van der Waals surface area contributed by atoms with Crippen LogP contribution >= 0.6 is 11.8 Å². The summed E-state index contributed by atoms with van der Waals surface area (Å²) >= 11 is 1.63. The van der Waals surface area contributed by atoms with Gasteiger partial charge in [0.1, 0.15) is 5.82 Å². The first-order chi connectivity index (χ1) is 12.0. The fourth-order valence-electron chi connectivity index (χ4n) is 2.22. The average molecular weight is 356 g/mol. The molecule has 0 aliphatic heterocycles. The van der Waals surface area contributed by atoms with Crippen molar-refractivity contribution in [3.05, 3.63) is 59.4 Å². The van der Waals surface area contributed by atoms with E-state index in [0.29, 0.717) is 16.4 Å². The van der Waals surface area contributed by atoms with Gasteiger partial charge in [0.05, 0.1) is 17.2 Å². The summed E-state index contributed by atoms with van der Waals surface area (Å²) in [5.41, 5.74) is 5.08. The molecule has 1 aromatic heterocycles. The van der Waals surface area contributed by atoms with Crippen molar-refractivity contribution in [1.29, 1.82) is 0 Å². The smallest absolute Gasteiger partial charge is 0.271 e. The lowest BCUT2D eigenvalue weighted by Crippen LogP contribution is -2.17. The van der Waals surface area contributed by atoms with Gasteiger partial charge < -0.3 is 4.98 Å². The summed E-state index contributed by atoms with van der Waals surface area (Å²) in [6.45, 7) is 4.18. The third-order valence-electron chi connectivity index (χ3n) is 3.30. The van der Waals surface area contributed by atoms with Crippen molar-refractivity contribution in [3.8, 4) is 0 Å². The van der Waals surface area contributed by atoms with E-state index in [1.54, 1.807) is 42.1 Å². The van der Waals surface area contributed by atoms with Crippen LogP contribution in [-0.2, 0) is 0 Å². The SMILES string of the molecule is CC(C)Sc1nc2ccc(C(=O)N/N=C\c3cccc(F)c3)cc2[nH]1. The number of fused-ring (bicyclic) bond motifs is 1. The van der Waals surface area contributed by atoms with Gasteiger partial charge in [-0.3, -0.25) is 4.79 Å². The van der Waals surface area contributed by atoms with Gasteiger partial charge in [-0.1, -0.05) is 37.7 Å². The molecule has 1 heterocycles. The quantitative estimate of drug-likeness (QED) is 0.413. The Bertz CT molecular complexity index is 936. The number of aromatic nitrogens is 2. The Kier molecular flexibility index (Phi) is 5.14. The van der Waals surface area contributed by atoms with E-state index in [1.807, 2.05) is 0 Å². The van der Waals surface area contributed by atoms with Crippen molar-refractivity contribution in [2.24, 2.45) is 5.10 Å². The molecule has 0 unspecified atom stereocenters. The molecule has 3 aromatic rings. The lowest BCUT2D eigenvalue weighted by atomic mass is 10.2. The molecule has 0 saturated heterocycles. The van der Waals surface area contributed by atoms with Gasteiger partial charge in [0.25, 0.3) is 5.91 Å². The molecule has 2 N–H and O–H groups in total. The second-order valence-electron chi connectivity index (χ2n) is 5.69. The van der Waals surface area contributed by atoms with Crippen molar-refractivity contribution >= 4 is 34.9 Å². The molecule has 2 aromatic carbocycles. The fourth-order valence-corrected chi connectivity index (χ4v) is 2.99. The van der Waals surface area contributed by atoms with Crippen molar-refractivity contribution in [1.82, 2.24) is 15.4 Å². The molecule has 25 heavy (non-hydrogen) atoms. The van der Waals surface area contributed by atoms with Crippen LogP contribution in [0.1, 0.15) is 29.8 Å². The molecule has 0 atom stereocenters. The summed E-state index contributed by atoms with van der Waals surface area (Å²) in [6, 6.07) is 11.2. The third kappa shape index (κ3) is 4.45. The molecule has 0 radical (unpaired) electrons. The van der Waals surface area contributed by atoms with E-state index in [9.17, 15) is 9.18 Å². The Morgan fingerprint density at radius 1 is 1.32 bits per heavy atom. The number of benzene rings is 2. The normalized spacial score (nSPS) is 11.5. The van der Waals surface area contributed by atoms with Crippen LogP contribution in [0.25, 0.3) is 11.0 Å². The van der Waals surface area contributed by atoms with Crippen LogP contribution in [0, 0.1) is 5.82 Å². The van der Waals surface area contributed by atoms with Crippen molar-refractivity contribution in [2.75, 3.05) is 0 Å². The zero-order valence-electron chi connectivity index (χ0n) is 13.8. The van der Waals surface area contributed by atoms with E-state index in [2.05, 4.69) is 34.3 Å². The summed E-state index contributed by atoms with van der Waals surface area (Å²) < 4.78 is 13.1. The van der Waals surface area contributed by atoms with Gasteiger partial charge in [-0.15, -0.1) is 0 Å². The predicted molar refractivity (Wildman–Crippen MR) is 98.5 cm³/mol. The lowest BCUT2D eigenvalue weighted by Gasteiger charge is -2.00. The van der Waals surface area contributed by atoms with Gasteiger partial charge in [-0.2, -0.15) is 5.10 Å². The van der Waals surface area contributed by atoms with Gasteiger partial charge in [-0.25, -0.2) is 14.8 Å². The van der Waals surface area contributed by atoms with Crippen molar-refractivity contribution in [3.63, 3.8) is 0 Å². The number of aromatic amines is 1. The summed E-state index contributed by atoms with van der Waals surface area (Å²) in [4.78, 5) is 19.9. The minimum atomic E-state index is -0.352. The van der Waals surface area contributed by atoms with Crippen molar-refractivity contribution in [2.45, 2.75) is 24.3 Å². The molecular weight excluding hydrogens is 339 g/mol. The molecule has 0 saturated carbocycles. The first kappa shape index (κ1) is 17.2. The number of amides is 1. The highest BCUT2D eigenvalue weighted by atomic mass is 32.2. The van der Waals surface area contributed by atoms with Crippen LogP contribution in [0.4, 0.5) is 4.39 Å². The summed E-state index contributed by atoms with van der Waals surface area (Å²) in [5, 5.41) is 5.11. The number of hydrogen-bond acceptors (Lipinski definition) is 4. The highest BCUT2D eigenvalue weighted by Crippen LogP contribution is 2.23. The van der Waals surface area contributed by atoms with Gasteiger partial charge >= 0.3 is 0 Å². The number of nitrogens with zero attached hydrogens (tertiary/aromatic N) is 2. The molecule has 3 rings (SSSR count). The number of imidazole rings is 1. The Morgan fingerprint density at radius 2 is 2.16 bits per heavy atom. The third-order valence-corrected chi connectivity index (χ3v) is 4.19. The molecule has 0 spiro atoms. The number of halogens is 1. The molecule has 0 fully saturated rings. The van der Waals surface area contributed by atoms with E-state index in [0.717, 1.165) is 16.2 Å². The molecule has 0 aliphatic rings. The maximum Gasteiger partial charge on any atom is 0.271 e. The minimum Gasteiger partial charge on any atom is -0.333 e. The number of thioether (sulfide) groups is 1. The predicted octanol–water partition coefficient (Wildman–Crippen LogP) is 3.97. The monoisotopic (exact) mass is 356 g/mol. The molecular formula is C18H17FN4OS. The zero-order chi connectivity index (χ0) is 17.8. The first-order valence-corrected chi connectivity index (χ1v) is 8.64. The van der Waals surface area contributed by atoms with Gasteiger partial charge in [0.15, 0.2) is 5.16 Å². The number of carbonyl (C=O) groups is 1. The van der Waals surface area contributed by atoms with Crippen LogP contribution in [0.3, 0.4) is 0 Å². The molecule has 0 bridgehead atoms. The molecule has 1 amide bonds. The maximum atomic E-state index is 13.1. The number of nitrogens with one attached hydrogen (secondary N) is 2. The van der Waals surface area contributed by atoms with Crippen LogP contribution in [0.2, 0.25) is 0 Å². The minimum absolute atomic E-state index is 0.345. The van der Waals surface area contributed by atoms with E-state index < -0.39 is 0 Å². The highest BCUT2D eigenvalue weighted by Gasteiger charge is 2.09. The molecule has 128 valence electrons. The standard InChI is InChI=1S/C18H17FN4OS/c1-11(2)25-18-21-15-7-6-13(9-16(15)22-18)17(24)23-20-10-12-4-3-5-14(19)8-12/h3-11H,1-2H3,(H,21,22)(H,23,24)/b20-10-. The van der Waals surface area contributed by atoms with E-state index in [4.69, 9.17) is 0 Å². The Morgan fingerprint density at radius 3 is 2.92 bits per heavy atom. The molecule has 7 heteroatoms. The van der Waals surface area contributed by atoms with Crippen LogP contribution in [0.15, 0.2) is 52.7 Å². The van der Waals surface area contributed by atoms with Gasteiger partial charge in [0, 0.05) is 10.8 Å². The number of hydrazone groups is 1. The topological polar surface area (TPSA) is 70.1 Å². The van der Waals surface area contributed by atoms with E-state index >= 15 is 0 Å². The van der Waals surface area contributed by atoms with Crippen molar-refractivity contribution < 1.29 is 9.18 Å². The second-order valence-corrected chi connectivity index (χ2v) is 7.26. The largest absolute Gasteiger partial charge is 0.333 e. The van der Waals surface area contributed by atoms with E-state index in [-0.39, 0.29) is 11.7 Å². The fraction of sp³-hybridized carbons (Fsp3) is 0.167.